The molecular formula is C14H19NOS. The second-order valence-electron chi connectivity index (χ2n) is 4.43. The minimum Gasteiger partial charge on any atom is -0.332 e. The van der Waals surface area contributed by atoms with Crippen LogP contribution in [0, 0.1) is 0 Å². The van der Waals surface area contributed by atoms with Gasteiger partial charge in [-0.1, -0.05) is 43.7 Å². The minimum atomic E-state index is 0.134. The van der Waals surface area contributed by atoms with Gasteiger partial charge < -0.3 is 4.90 Å². The van der Waals surface area contributed by atoms with Gasteiger partial charge in [-0.05, 0) is 18.4 Å². The minimum absolute atomic E-state index is 0.134. The van der Waals surface area contributed by atoms with Gasteiger partial charge in [-0.3, -0.25) is 4.79 Å². The molecule has 1 aliphatic rings. The standard InChI is InChI=1S/C14H19NOS/c1-2-3-9-15-11-17-13(14(15)16)10-12-7-5-4-6-8-12/h4-8,13H,2-3,9-11H2,1H3. The maximum atomic E-state index is 12.1. The van der Waals surface area contributed by atoms with Gasteiger partial charge in [0.1, 0.15) is 0 Å². The summed E-state index contributed by atoms with van der Waals surface area (Å²) in [4.78, 5) is 14.1. The summed E-state index contributed by atoms with van der Waals surface area (Å²) in [6.45, 7) is 3.09. The Balaban J connectivity index is 1.89. The summed E-state index contributed by atoms with van der Waals surface area (Å²) >= 11 is 1.78. The van der Waals surface area contributed by atoms with E-state index >= 15 is 0 Å². The maximum absolute atomic E-state index is 12.1. The zero-order chi connectivity index (χ0) is 12.1. The third kappa shape index (κ3) is 3.25. The molecule has 1 atom stereocenters. The van der Waals surface area contributed by atoms with Crippen LogP contribution in [0.4, 0.5) is 0 Å². The third-order valence-corrected chi connectivity index (χ3v) is 4.30. The van der Waals surface area contributed by atoms with Gasteiger partial charge in [0, 0.05) is 6.54 Å². The smallest absolute Gasteiger partial charge is 0.236 e. The van der Waals surface area contributed by atoms with E-state index < -0.39 is 0 Å². The molecule has 2 rings (SSSR count). The third-order valence-electron chi connectivity index (χ3n) is 3.06. The lowest BCUT2D eigenvalue weighted by molar-refractivity contribution is -0.128. The van der Waals surface area contributed by atoms with E-state index in [1.807, 2.05) is 23.1 Å². The summed E-state index contributed by atoms with van der Waals surface area (Å²) in [5, 5.41) is 0.134. The molecule has 1 amide bonds. The Hall–Kier alpha value is -0.960. The van der Waals surface area contributed by atoms with Crippen LogP contribution in [0.5, 0.6) is 0 Å². The van der Waals surface area contributed by atoms with E-state index in [2.05, 4.69) is 19.1 Å². The van der Waals surface area contributed by atoms with Crippen molar-refractivity contribution < 1.29 is 4.79 Å². The van der Waals surface area contributed by atoms with Crippen LogP contribution in [0.3, 0.4) is 0 Å². The number of unbranched alkanes of at least 4 members (excludes halogenated alkanes) is 1. The Labute approximate surface area is 107 Å². The molecule has 0 N–H and O–H groups in total. The van der Waals surface area contributed by atoms with Gasteiger partial charge in [0.25, 0.3) is 0 Å². The molecule has 0 aromatic heterocycles. The number of nitrogens with zero attached hydrogens (tertiary/aromatic N) is 1. The quantitative estimate of drug-likeness (QED) is 0.799. The van der Waals surface area contributed by atoms with Crippen molar-refractivity contribution in [2.75, 3.05) is 12.4 Å². The number of rotatable bonds is 5. The molecule has 0 spiro atoms. The first-order valence-corrected chi connectivity index (χ1v) is 7.30. The van der Waals surface area contributed by atoms with Gasteiger partial charge in [-0.2, -0.15) is 0 Å². The molecule has 3 heteroatoms. The fourth-order valence-electron chi connectivity index (χ4n) is 2.02. The molecule has 1 aliphatic heterocycles. The fraction of sp³-hybridized carbons (Fsp3) is 0.500. The van der Waals surface area contributed by atoms with Crippen molar-refractivity contribution in [1.29, 1.82) is 0 Å². The first-order chi connectivity index (χ1) is 8.31. The summed E-state index contributed by atoms with van der Waals surface area (Å²) in [7, 11) is 0. The molecular weight excluding hydrogens is 230 g/mol. The number of hydrogen-bond donors (Lipinski definition) is 0. The largest absolute Gasteiger partial charge is 0.332 e. The Morgan fingerprint density at radius 1 is 1.35 bits per heavy atom. The molecule has 0 radical (unpaired) electrons. The molecule has 1 heterocycles. The van der Waals surface area contributed by atoms with Crippen molar-refractivity contribution in [2.24, 2.45) is 0 Å². The van der Waals surface area contributed by atoms with Crippen LogP contribution in [0.2, 0.25) is 0 Å². The lowest BCUT2D eigenvalue weighted by atomic mass is 10.1. The molecule has 0 aliphatic carbocycles. The second-order valence-corrected chi connectivity index (χ2v) is 5.59. The van der Waals surface area contributed by atoms with Gasteiger partial charge in [-0.15, -0.1) is 11.8 Å². The fourth-order valence-corrected chi connectivity index (χ4v) is 3.23. The molecule has 17 heavy (non-hydrogen) atoms. The molecule has 1 aromatic carbocycles. The average Bonchev–Trinajstić information content (AvgIpc) is 2.70. The summed E-state index contributed by atoms with van der Waals surface area (Å²) in [5.41, 5.74) is 1.26. The van der Waals surface area contributed by atoms with Crippen molar-refractivity contribution >= 4 is 17.7 Å². The Morgan fingerprint density at radius 2 is 2.12 bits per heavy atom. The first kappa shape index (κ1) is 12.5. The van der Waals surface area contributed by atoms with Crippen LogP contribution in [0.25, 0.3) is 0 Å². The summed E-state index contributed by atoms with van der Waals surface area (Å²) in [5.74, 6) is 1.20. The molecule has 92 valence electrons. The highest BCUT2D eigenvalue weighted by atomic mass is 32.2. The van der Waals surface area contributed by atoms with Crippen LogP contribution >= 0.6 is 11.8 Å². The monoisotopic (exact) mass is 249 g/mol. The maximum Gasteiger partial charge on any atom is 0.236 e. The summed E-state index contributed by atoms with van der Waals surface area (Å²) in [6.07, 6.45) is 3.13. The highest BCUT2D eigenvalue weighted by Crippen LogP contribution is 2.27. The van der Waals surface area contributed by atoms with Gasteiger partial charge in [0.2, 0.25) is 5.91 Å². The van der Waals surface area contributed by atoms with E-state index in [1.54, 1.807) is 11.8 Å². The summed E-state index contributed by atoms with van der Waals surface area (Å²) < 4.78 is 0. The normalized spacial score (nSPS) is 19.9. The zero-order valence-corrected chi connectivity index (χ0v) is 11.1. The lowest BCUT2D eigenvalue weighted by Gasteiger charge is -2.14. The molecule has 1 aromatic rings. The molecule has 0 saturated carbocycles. The van der Waals surface area contributed by atoms with Gasteiger partial charge in [-0.25, -0.2) is 0 Å². The van der Waals surface area contributed by atoms with Crippen molar-refractivity contribution in [1.82, 2.24) is 4.90 Å². The highest BCUT2D eigenvalue weighted by Gasteiger charge is 2.31. The van der Waals surface area contributed by atoms with Crippen molar-refractivity contribution in [2.45, 2.75) is 31.4 Å². The van der Waals surface area contributed by atoms with E-state index in [0.717, 1.165) is 31.7 Å². The number of benzene rings is 1. The number of amides is 1. The predicted octanol–water partition coefficient (Wildman–Crippen LogP) is 2.93. The molecule has 0 bridgehead atoms. The van der Waals surface area contributed by atoms with E-state index in [0.29, 0.717) is 5.91 Å². The molecule has 1 unspecified atom stereocenters. The van der Waals surface area contributed by atoms with E-state index in [-0.39, 0.29) is 5.25 Å². The van der Waals surface area contributed by atoms with Crippen LogP contribution in [-0.4, -0.2) is 28.5 Å². The van der Waals surface area contributed by atoms with Gasteiger partial charge in [0.05, 0.1) is 11.1 Å². The molecule has 1 saturated heterocycles. The molecule has 1 fully saturated rings. The highest BCUT2D eigenvalue weighted by molar-refractivity contribution is 8.01. The average molecular weight is 249 g/mol. The Morgan fingerprint density at radius 3 is 2.82 bits per heavy atom. The second kappa shape index (κ2) is 6.10. The van der Waals surface area contributed by atoms with E-state index in [1.165, 1.54) is 5.56 Å². The van der Waals surface area contributed by atoms with E-state index in [9.17, 15) is 4.79 Å². The predicted molar refractivity (Wildman–Crippen MR) is 73.0 cm³/mol. The van der Waals surface area contributed by atoms with Gasteiger partial charge >= 0.3 is 0 Å². The van der Waals surface area contributed by atoms with Crippen LogP contribution in [-0.2, 0) is 11.2 Å². The van der Waals surface area contributed by atoms with Crippen molar-refractivity contribution in [3.63, 3.8) is 0 Å². The van der Waals surface area contributed by atoms with Crippen LogP contribution < -0.4 is 0 Å². The van der Waals surface area contributed by atoms with Gasteiger partial charge in [0.15, 0.2) is 0 Å². The SMILES string of the molecule is CCCCN1CSC(Cc2ccccc2)C1=O. The van der Waals surface area contributed by atoms with Crippen molar-refractivity contribution in [3.8, 4) is 0 Å². The number of carbonyl (C=O) groups excluding carboxylic acids is 1. The number of carbonyl (C=O) groups is 1. The topological polar surface area (TPSA) is 20.3 Å². The van der Waals surface area contributed by atoms with Crippen molar-refractivity contribution in [3.05, 3.63) is 35.9 Å². The number of hydrogen-bond acceptors (Lipinski definition) is 2. The number of thioether (sulfide) groups is 1. The Kier molecular flexibility index (Phi) is 4.49. The Bertz CT molecular complexity index is 366. The lowest BCUT2D eigenvalue weighted by Crippen LogP contribution is -2.31. The first-order valence-electron chi connectivity index (χ1n) is 6.25. The summed E-state index contributed by atoms with van der Waals surface area (Å²) in [6, 6.07) is 10.3. The van der Waals surface area contributed by atoms with Crippen LogP contribution in [0.1, 0.15) is 25.3 Å². The molecule has 2 nitrogen and oxygen atoms in total. The zero-order valence-electron chi connectivity index (χ0n) is 10.3. The van der Waals surface area contributed by atoms with E-state index in [4.69, 9.17) is 0 Å². The van der Waals surface area contributed by atoms with Crippen LogP contribution in [0.15, 0.2) is 30.3 Å².